The number of anilines is 5. The first-order chi connectivity index (χ1) is 28.7. The van der Waals surface area contributed by atoms with Gasteiger partial charge >= 0.3 is 0 Å². The standard InChI is InChI=1S/C43H64N8O8/c1-4-6-17-39(53)44-20-10-23-56-26-28-58-29-27-57-24-11-21-45-40(54)18-9-19-41(55)46-22-12-25-59-37-16-8-15-36(31-37)50-43-47-32-33(3)42(51-43)49-35-14-7-13-34(30-35)48-38(52)5-2/h5,7-8,13-16,30-32,41,46,55H,2,4,6,9-12,17-29H2,1,3H3,(H,44,53)(H,45,54)(H,48,52)(H2,47,49,50,51). The van der Waals surface area contributed by atoms with Crippen molar-refractivity contribution in [3.63, 3.8) is 0 Å². The number of carbonyl (C=O) groups excluding carboxylic acids is 3. The van der Waals surface area contributed by atoms with Crippen LogP contribution in [0.1, 0.15) is 70.3 Å². The van der Waals surface area contributed by atoms with E-state index in [-0.39, 0.29) is 17.7 Å². The Morgan fingerprint density at radius 2 is 1.37 bits per heavy atom. The van der Waals surface area contributed by atoms with Crippen LogP contribution < -0.4 is 36.6 Å². The predicted molar refractivity (Wildman–Crippen MR) is 230 cm³/mol. The number of rotatable bonds is 33. The minimum Gasteiger partial charge on any atom is -0.493 e. The average molecular weight is 821 g/mol. The molecule has 1 atom stereocenters. The molecule has 0 aliphatic carbocycles. The molecule has 324 valence electrons. The Bertz CT molecular complexity index is 1680. The topological polar surface area (TPSA) is 206 Å². The summed E-state index contributed by atoms with van der Waals surface area (Å²) in [5.74, 6) is 1.46. The summed E-state index contributed by atoms with van der Waals surface area (Å²) in [7, 11) is 0. The van der Waals surface area contributed by atoms with E-state index in [0.29, 0.717) is 128 Å². The highest BCUT2D eigenvalue weighted by atomic mass is 16.5. The Kier molecular flexibility index (Phi) is 24.5. The molecule has 1 aromatic heterocycles. The normalized spacial score (nSPS) is 11.4. The van der Waals surface area contributed by atoms with Crippen LogP contribution in [-0.4, -0.2) is 105 Å². The zero-order valence-corrected chi connectivity index (χ0v) is 34.7. The summed E-state index contributed by atoms with van der Waals surface area (Å²) in [5, 5.41) is 28.4. The van der Waals surface area contributed by atoms with Gasteiger partial charge in [0.25, 0.3) is 0 Å². The molecule has 7 N–H and O–H groups in total. The van der Waals surface area contributed by atoms with Gasteiger partial charge in [-0.2, -0.15) is 4.98 Å². The third-order valence-electron chi connectivity index (χ3n) is 8.57. The smallest absolute Gasteiger partial charge is 0.247 e. The van der Waals surface area contributed by atoms with Gasteiger partial charge in [-0.25, -0.2) is 4.98 Å². The zero-order chi connectivity index (χ0) is 42.3. The molecule has 0 saturated heterocycles. The minimum absolute atomic E-state index is 0.0474. The summed E-state index contributed by atoms with van der Waals surface area (Å²) in [6, 6.07) is 14.8. The van der Waals surface area contributed by atoms with Crippen molar-refractivity contribution in [1.29, 1.82) is 0 Å². The lowest BCUT2D eigenvalue weighted by Gasteiger charge is -2.14. The number of aromatic nitrogens is 2. The highest BCUT2D eigenvalue weighted by Gasteiger charge is 2.09. The first kappa shape index (κ1) is 48.2. The molecule has 1 heterocycles. The largest absolute Gasteiger partial charge is 0.493 e. The van der Waals surface area contributed by atoms with E-state index < -0.39 is 6.23 Å². The maximum atomic E-state index is 12.2. The van der Waals surface area contributed by atoms with Gasteiger partial charge in [0, 0.05) is 80.6 Å². The van der Waals surface area contributed by atoms with E-state index in [9.17, 15) is 19.5 Å². The molecule has 3 aromatic rings. The number of carbonyl (C=O) groups is 3. The molecule has 0 bridgehead atoms. The number of hydrogen-bond acceptors (Lipinski definition) is 13. The molecular formula is C43H64N8O8. The number of ether oxygens (including phenoxy) is 4. The van der Waals surface area contributed by atoms with Gasteiger partial charge in [-0.15, -0.1) is 0 Å². The Labute approximate surface area is 348 Å². The Balaban J connectivity index is 1.16. The molecule has 0 fully saturated rings. The van der Waals surface area contributed by atoms with Gasteiger partial charge in [-0.1, -0.05) is 32.1 Å². The van der Waals surface area contributed by atoms with E-state index in [1.165, 1.54) is 6.08 Å². The number of aliphatic hydroxyl groups is 1. The number of nitrogens with one attached hydrogen (secondary N) is 6. The molecule has 59 heavy (non-hydrogen) atoms. The van der Waals surface area contributed by atoms with Crippen molar-refractivity contribution >= 4 is 46.5 Å². The Hall–Kier alpha value is -5.13. The van der Waals surface area contributed by atoms with Crippen LogP contribution in [0.25, 0.3) is 0 Å². The molecule has 2 aromatic carbocycles. The van der Waals surface area contributed by atoms with Crippen LogP contribution in [0.15, 0.2) is 67.4 Å². The molecule has 0 radical (unpaired) electrons. The molecular weight excluding hydrogens is 757 g/mol. The van der Waals surface area contributed by atoms with Gasteiger partial charge in [0.15, 0.2) is 0 Å². The number of amides is 3. The minimum atomic E-state index is -0.706. The number of aryl methyl sites for hydroxylation is 1. The van der Waals surface area contributed by atoms with Crippen molar-refractivity contribution < 1.29 is 38.4 Å². The maximum Gasteiger partial charge on any atom is 0.247 e. The van der Waals surface area contributed by atoms with Crippen LogP contribution in [0.2, 0.25) is 0 Å². The second kappa shape index (κ2) is 30.0. The van der Waals surface area contributed by atoms with Crippen LogP contribution in [0, 0.1) is 6.92 Å². The summed E-state index contributed by atoms with van der Waals surface area (Å²) in [6.45, 7) is 12.7. The molecule has 3 rings (SSSR count). The fraction of sp³-hybridized carbons (Fsp3) is 0.512. The third-order valence-corrected chi connectivity index (χ3v) is 8.57. The first-order valence-electron chi connectivity index (χ1n) is 20.6. The molecule has 1 unspecified atom stereocenters. The monoisotopic (exact) mass is 820 g/mol. The lowest BCUT2D eigenvalue weighted by Crippen LogP contribution is -2.31. The molecule has 16 nitrogen and oxygen atoms in total. The van der Waals surface area contributed by atoms with Crippen LogP contribution in [-0.2, 0) is 28.6 Å². The lowest BCUT2D eigenvalue weighted by atomic mass is 10.2. The molecule has 0 aliphatic heterocycles. The van der Waals surface area contributed by atoms with Crippen LogP contribution in [0.4, 0.5) is 28.8 Å². The number of hydrogen-bond donors (Lipinski definition) is 7. The Morgan fingerprint density at radius 1 is 0.763 bits per heavy atom. The SMILES string of the molecule is C=CC(=O)Nc1cccc(Nc2nc(Nc3cccc(OCCCNC(O)CCCC(=O)NCCCOCCOCCOCCCNC(=O)CCCC)c3)ncc2C)c1. The van der Waals surface area contributed by atoms with Gasteiger partial charge in [-0.05, 0) is 81.9 Å². The highest BCUT2D eigenvalue weighted by molar-refractivity contribution is 5.99. The molecule has 16 heteroatoms. The lowest BCUT2D eigenvalue weighted by molar-refractivity contribution is -0.122. The molecule has 0 aliphatic rings. The third kappa shape index (κ3) is 22.6. The first-order valence-corrected chi connectivity index (χ1v) is 20.6. The van der Waals surface area contributed by atoms with Crippen LogP contribution in [0.5, 0.6) is 5.75 Å². The summed E-state index contributed by atoms with van der Waals surface area (Å²) in [6.07, 6.45) is 8.28. The quantitative estimate of drug-likeness (QED) is 0.0231. The van der Waals surface area contributed by atoms with Crippen LogP contribution >= 0.6 is 0 Å². The van der Waals surface area contributed by atoms with Gasteiger partial charge in [0.2, 0.25) is 23.7 Å². The fourth-order valence-electron chi connectivity index (χ4n) is 5.38. The van der Waals surface area contributed by atoms with Gasteiger partial charge in [0.1, 0.15) is 17.8 Å². The van der Waals surface area contributed by atoms with Crippen molar-refractivity contribution in [3.8, 4) is 5.75 Å². The van der Waals surface area contributed by atoms with E-state index in [1.54, 1.807) is 18.3 Å². The van der Waals surface area contributed by atoms with E-state index >= 15 is 0 Å². The summed E-state index contributed by atoms with van der Waals surface area (Å²) < 4.78 is 22.5. The summed E-state index contributed by atoms with van der Waals surface area (Å²) >= 11 is 0. The number of aliphatic hydroxyl groups excluding tert-OH is 1. The van der Waals surface area contributed by atoms with Crippen molar-refractivity contribution in [3.05, 3.63) is 72.9 Å². The van der Waals surface area contributed by atoms with E-state index in [0.717, 1.165) is 36.2 Å². The predicted octanol–water partition coefficient (Wildman–Crippen LogP) is 5.50. The summed E-state index contributed by atoms with van der Waals surface area (Å²) in [4.78, 5) is 44.4. The van der Waals surface area contributed by atoms with Gasteiger partial charge in [-0.3, -0.25) is 19.7 Å². The molecule has 3 amide bonds. The Morgan fingerprint density at radius 3 is 2.05 bits per heavy atom. The molecule has 0 saturated carbocycles. The zero-order valence-electron chi connectivity index (χ0n) is 34.7. The van der Waals surface area contributed by atoms with E-state index in [2.05, 4.69) is 55.4 Å². The second-order valence-corrected chi connectivity index (χ2v) is 13.7. The van der Waals surface area contributed by atoms with E-state index in [1.807, 2.05) is 43.3 Å². The van der Waals surface area contributed by atoms with Crippen LogP contribution in [0.3, 0.4) is 0 Å². The number of unbranched alkanes of at least 4 members (excludes halogenated alkanes) is 1. The fourth-order valence-corrected chi connectivity index (χ4v) is 5.38. The average Bonchev–Trinajstić information content (AvgIpc) is 3.22. The maximum absolute atomic E-state index is 12.2. The van der Waals surface area contributed by atoms with E-state index in [4.69, 9.17) is 18.9 Å². The van der Waals surface area contributed by atoms with Gasteiger partial charge < -0.3 is 50.6 Å². The van der Waals surface area contributed by atoms with Crippen molar-refractivity contribution in [2.45, 2.75) is 77.9 Å². The summed E-state index contributed by atoms with van der Waals surface area (Å²) in [5.41, 5.74) is 2.98. The van der Waals surface area contributed by atoms with Crippen molar-refractivity contribution in [2.75, 3.05) is 81.8 Å². The second-order valence-electron chi connectivity index (χ2n) is 13.7. The van der Waals surface area contributed by atoms with Gasteiger partial charge in [0.05, 0.1) is 33.0 Å². The number of benzene rings is 2. The highest BCUT2D eigenvalue weighted by Crippen LogP contribution is 2.24. The van der Waals surface area contributed by atoms with Crippen molar-refractivity contribution in [2.24, 2.45) is 0 Å². The van der Waals surface area contributed by atoms with Crippen molar-refractivity contribution in [1.82, 2.24) is 25.9 Å². The molecule has 0 spiro atoms. The number of nitrogens with zero attached hydrogens (tertiary/aromatic N) is 2.